The molecule has 3 N–H and O–H groups in total. The number of carbonyl (C=O) groups is 3. The summed E-state index contributed by atoms with van der Waals surface area (Å²) in [6.45, 7) is 5.61. The van der Waals surface area contributed by atoms with E-state index in [2.05, 4.69) is 20.5 Å². The number of rotatable bonds is 8. The second-order valence-corrected chi connectivity index (χ2v) is 10.9. The Bertz CT molecular complexity index is 1450. The molecular formula is C29H36N8O5. The number of benzene rings is 1. The minimum Gasteiger partial charge on any atom is -0.441 e. The Morgan fingerprint density at radius 1 is 1.17 bits per heavy atom. The highest BCUT2D eigenvalue weighted by molar-refractivity contribution is 5.94. The highest BCUT2D eigenvalue weighted by Crippen LogP contribution is 2.29. The highest BCUT2D eigenvalue weighted by Gasteiger charge is 2.33. The Morgan fingerprint density at radius 2 is 1.93 bits per heavy atom. The molecule has 4 amide bonds. The molecule has 42 heavy (non-hydrogen) atoms. The van der Waals surface area contributed by atoms with Gasteiger partial charge in [0.1, 0.15) is 11.9 Å². The van der Waals surface area contributed by atoms with Gasteiger partial charge in [0.15, 0.2) is 5.69 Å². The van der Waals surface area contributed by atoms with Gasteiger partial charge in [-0.25, -0.2) is 14.6 Å². The van der Waals surface area contributed by atoms with Crippen LogP contribution in [0.5, 0.6) is 0 Å². The van der Waals surface area contributed by atoms with Crippen molar-refractivity contribution in [1.29, 1.82) is 0 Å². The molecule has 13 heteroatoms. The molecule has 0 aliphatic carbocycles. The van der Waals surface area contributed by atoms with E-state index in [9.17, 15) is 19.5 Å². The van der Waals surface area contributed by atoms with Gasteiger partial charge in [0, 0.05) is 63.1 Å². The van der Waals surface area contributed by atoms with Crippen LogP contribution in [0.2, 0.25) is 0 Å². The summed E-state index contributed by atoms with van der Waals surface area (Å²) < 4.78 is 7.06. The SMILES string of the molecule is CC(C)n1nc(C(=O)NCc2ccc(NC(=O)N(C)C)cc2)c2c1CCN(c1ccc(N3C[C@H](CO)OC3=O)cn1)C2. The summed E-state index contributed by atoms with van der Waals surface area (Å²) in [6.07, 6.45) is 1.27. The molecule has 2 aliphatic heterocycles. The van der Waals surface area contributed by atoms with Crippen molar-refractivity contribution < 1.29 is 24.2 Å². The number of nitrogens with zero attached hydrogens (tertiary/aromatic N) is 6. The average molecular weight is 577 g/mol. The summed E-state index contributed by atoms with van der Waals surface area (Å²) >= 11 is 0. The number of cyclic esters (lactones) is 1. The Hall–Kier alpha value is -4.65. The monoisotopic (exact) mass is 576 g/mol. The van der Waals surface area contributed by atoms with Crippen LogP contribution in [-0.2, 0) is 24.2 Å². The lowest BCUT2D eigenvalue weighted by atomic mass is 10.0. The van der Waals surface area contributed by atoms with Gasteiger partial charge in [0.2, 0.25) is 0 Å². The van der Waals surface area contributed by atoms with E-state index in [-0.39, 0.29) is 31.1 Å². The molecule has 3 aromatic rings. The molecule has 1 fully saturated rings. The number of aliphatic hydroxyl groups is 1. The van der Waals surface area contributed by atoms with Gasteiger partial charge in [-0.2, -0.15) is 5.10 Å². The average Bonchev–Trinajstić information content (AvgIpc) is 3.57. The lowest BCUT2D eigenvalue weighted by Crippen LogP contribution is -2.33. The van der Waals surface area contributed by atoms with Crippen molar-refractivity contribution in [2.45, 2.75) is 45.5 Å². The van der Waals surface area contributed by atoms with Crippen LogP contribution in [0.25, 0.3) is 0 Å². The summed E-state index contributed by atoms with van der Waals surface area (Å²) in [5.74, 6) is 0.465. The lowest BCUT2D eigenvalue weighted by Gasteiger charge is -2.29. The zero-order chi connectivity index (χ0) is 30.0. The van der Waals surface area contributed by atoms with Crippen molar-refractivity contribution in [2.75, 3.05) is 48.9 Å². The van der Waals surface area contributed by atoms with Crippen LogP contribution in [0, 0.1) is 0 Å². The van der Waals surface area contributed by atoms with Crippen LogP contribution in [0.15, 0.2) is 42.6 Å². The van der Waals surface area contributed by atoms with E-state index in [1.165, 1.54) is 9.80 Å². The summed E-state index contributed by atoms with van der Waals surface area (Å²) in [5.41, 5.74) is 4.46. The van der Waals surface area contributed by atoms with Gasteiger partial charge in [-0.1, -0.05) is 12.1 Å². The molecule has 4 heterocycles. The number of fused-ring (bicyclic) bond motifs is 1. The molecule has 1 aromatic carbocycles. The quantitative estimate of drug-likeness (QED) is 0.371. The third-order valence-corrected chi connectivity index (χ3v) is 7.30. The largest absolute Gasteiger partial charge is 0.441 e. The van der Waals surface area contributed by atoms with Gasteiger partial charge in [-0.05, 0) is 43.7 Å². The van der Waals surface area contributed by atoms with Gasteiger partial charge >= 0.3 is 12.1 Å². The standard InChI is InChI=1S/C29H36N8O5/c1-18(2)37-24-11-12-35(25-10-9-21(14-30-25)36-15-22(17-38)42-29(36)41)16-23(24)26(33-37)27(39)31-13-19-5-7-20(8-6-19)32-28(40)34(3)4/h5-10,14,18,22,38H,11-13,15-17H2,1-4H3,(H,31,39)(H,32,40)/t22-/m1/s1. The third-order valence-electron chi connectivity index (χ3n) is 7.30. The first-order valence-corrected chi connectivity index (χ1v) is 13.9. The van der Waals surface area contributed by atoms with Crippen molar-refractivity contribution in [3.8, 4) is 0 Å². The summed E-state index contributed by atoms with van der Waals surface area (Å²) in [7, 11) is 3.35. The van der Waals surface area contributed by atoms with Crippen molar-refractivity contribution >= 4 is 35.2 Å². The fourth-order valence-electron chi connectivity index (χ4n) is 5.01. The zero-order valence-corrected chi connectivity index (χ0v) is 24.2. The number of hydrogen-bond donors (Lipinski definition) is 3. The number of aromatic nitrogens is 3. The smallest absolute Gasteiger partial charge is 0.414 e. The van der Waals surface area contributed by atoms with Gasteiger partial charge in [-0.3, -0.25) is 14.4 Å². The van der Waals surface area contributed by atoms with Gasteiger partial charge in [0.25, 0.3) is 5.91 Å². The molecule has 222 valence electrons. The number of nitrogens with one attached hydrogen (secondary N) is 2. The number of hydrogen-bond acceptors (Lipinski definition) is 8. The predicted molar refractivity (Wildman–Crippen MR) is 157 cm³/mol. The first-order chi connectivity index (χ1) is 20.1. The molecular weight excluding hydrogens is 540 g/mol. The zero-order valence-electron chi connectivity index (χ0n) is 24.2. The Morgan fingerprint density at radius 3 is 2.55 bits per heavy atom. The van der Waals surface area contributed by atoms with Gasteiger partial charge < -0.3 is 30.3 Å². The number of ether oxygens (including phenoxy) is 1. The molecule has 1 atom stereocenters. The topological polar surface area (TPSA) is 145 Å². The van der Waals surface area contributed by atoms with Crippen molar-refractivity contribution in [3.05, 3.63) is 65.1 Å². The van der Waals surface area contributed by atoms with E-state index in [1.807, 2.05) is 36.7 Å². The van der Waals surface area contributed by atoms with E-state index in [4.69, 9.17) is 9.84 Å². The van der Waals surface area contributed by atoms with E-state index >= 15 is 0 Å². The number of aliphatic hydroxyl groups excluding tert-OH is 1. The highest BCUT2D eigenvalue weighted by atomic mass is 16.6. The van der Waals surface area contributed by atoms with Crippen LogP contribution in [-0.4, -0.2) is 82.7 Å². The van der Waals surface area contributed by atoms with Crippen molar-refractivity contribution in [3.63, 3.8) is 0 Å². The number of carbonyl (C=O) groups excluding carboxylic acids is 3. The first-order valence-electron chi connectivity index (χ1n) is 13.9. The molecule has 0 saturated carbocycles. The number of urea groups is 1. The summed E-state index contributed by atoms with van der Waals surface area (Å²) in [6, 6.07) is 10.8. The number of anilines is 3. The van der Waals surface area contributed by atoms with E-state index in [0.717, 1.165) is 22.6 Å². The maximum Gasteiger partial charge on any atom is 0.414 e. The maximum atomic E-state index is 13.4. The fourth-order valence-corrected chi connectivity index (χ4v) is 5.01. The van der Waals surface area contributed by atoms with Crippen molar-refractivity contribution in [2.24, 2.45) is 0 Å². The van der Waals surface area contributed by atoms with Crippen LogP contribution >= 0.6 is 0 Å². The van der Waals surface area contributed by atoms with Crippen LogP contribution in [0.3, 0.4) is 0 Å². The Kier molecular flexibility index (Phi) is 8.29. The summed E-state index contributed by atoms with van der Waals surface area (Å²) in [4.78, 5) is 47.0. The first kappa shape index (κ1) is 28.9. The second-order valence-electron chi connectivity index (χ2n) is 10.9. The molecule has 2 aliphatic rings. The van der Waals surface area contributed by atoms with E-state index in [0.29, 0.717) is 43.1 Å². The second kappa shape index (κ2) is 12.1. The molecule has 0 radical (unpaired) electrons. The minimum absolute atomic E-state index is 0.0946. The molecule has 13 nitrogen and oxygen atoms in total. The lowest BCUT2D eigenvalue weighted by molar-refractivity contribution is 0.0943. The minimum atomic E-state index is -0.546. The molecule has 2 aromatic heterocycles. The molecule has 1 saturated heterocycles. The number of amides is 4. The molecule has 5 rings (SSSR count). The Balaban J connectivity index is 1.28. The molecule has 0 bridgehead atoms. The van der Waals surface area contributed by atoms with Crippen LogP contribution in [0.1, 0.15) is 47.2 Å². The maximum absolute atomic E-state index is 13.4. The van der Waals surface area contributed by atoms with Crippen LogP contribution in [0.4, 0.5) is 26.8 Å². The summed E-state index contributed by atoms with van der Waals surface area (Å²) in [5, 5.41) is 19.8. The number of pyridine rings is 1. The van der Waals surface area contributed by atoms with Crippen LogP contribution < -0.4 is 20.4 Å². The van der Waals surface area contributed by atoms with E-state index < -0.39 is 12.2 Å². The fraction of sp³-hybridized carbons (Fsp3) is 0.414. The van der Waals surface area contributed by atoms with Gasteiger partial charge in [0.05, 0.1) is 25.0 Å². The third kappa shape index (κ3) is 6.00. The predicted octanol–water partition coefficient (Wildman–Crippen LogP) is 2.76. The van der Waals surface area contributed by atoms with E-state index in [1.54, 1.807) is 38.5 Å². The normalized spacial score (nSPS) is 16.3. The molecule has 0 spiro atoms. The van der Waals surface area contributed by atoms with Crippen molar-refractivity contribution in [1.82, 2.24) is 25.0 Å². The van der Waals surface area contributed by atoms with Gasteiger partial charge in [-0.15, -0.1) is 0 Å². The molecule has 0 unspecified atom stereocenters. The Labute approximate surface area is 244 Å².